The summed E-state index contributed by atoms with van der Waals surface area (Å²) in [6, 6.07) is 16.7. The largest absolute Gasteiger partial charge is 0.323 e. The van der Waals surface area contributed by atoms with Gasteiger partial charge in [0, 0.05) is 11.8 Å². The second-order valence-corrected chi connectivity index (χ2v) is 8.65. The number of carbonyl (C=O) groups excluding carboxylic acids is 1. The van der Waals surface area contributed by atoms with Crippen molar-refractivity contribution >= 4 is 17.7 Å². The molecular weight excluding hydrogens is 330 g/mol. The predicted molar refractivity (Wildman–Crippen MR) is 115 cm³/mol. The molecule has 1 amide bonds. The zero-order chi connectivity index (χ0) is 19.3. The number of anilines is 1. The van der Waals surface area contributed by atoms with Crippen molar-refractivity contribution in [2.45, 2.75) is 64.2 Å². The van der Waals surface area contributed by atoms with Crippen LogP contribution in [0.15, 0.2) is 54.6 Å². The molecule has 2 heteroatoms. The molecule has 142 valence electrons. The maximum atomic E-state index is 12.2. The smallest absolute Gasteiger partial charge is 0.248 e. The molecule has 0 aromatic heterocycles. The zero-order valence-electron chi connectivity index (χ0n) is 16.8. The van der Waals surface area contributed by atoms with Crippen molar-refractivity contribution in [3.8, 4) is 0 Å². The summed E-state index contributed by atoms with van der Waals surface area (Å²) in [5.41, 5.74) is 4.73. The minimum atomic E-state index is -0.0969. The van der Waals surface area contributed by atoms with E-state index in [2.05, 4.69) is 62.5 Å². The number of carbonyl (C=O) groups is 1. The molecular formula is C25H31NO. The third-order valence-electron chi connectivity index (χ3n) is 5.46. The lowest BCUT2D eigenvalue weighted by Crippen LogP contribution is -2.10. The number of nitrogens with one attached hydrogen (secondary N) is 1. The Hall–Kier alpha value is -2.35. The van der Waals surface area contributed by atoms with Crippen LogP contribution < -0.4 is 5.32 Å². The van der Waals surface area contributed by atoms with Crippen molar-refractivity contribution in [3.63, 3.8) is 0 Å². The molecule has 2 aromatic rings. The monoisotopic (exact) mass is 361 g/mol. The molecule has 0 bridgehead atoms. The Morgan fingerprint density at radius 3 is 2.15 bits per heavy atom. The molecule has 1 fully saturated rings. The summed E-state index contributed by atoms with van der Waals surface area (Å²) >= 11 is 0. The maximum Gasteiger partial charge on any atom is 0.248 e. The van der Waals surface area contributed by atoms with Gasteiger partial charge in [0.25, 0.3) is 0 Å². The lowest BCUT2D eigenvalue weighted by Gasteiger charge is -2.22. The molecule has 0 unspecified atom stereocenters. The second-order valence-electron chi connectivity index (χ2n) is 8.65. The van der Waals surface area contributed by atoms with E-state index in [1.807, 2.05) is 18.2 Å². The first-order valence-electron chi connectivity index (χ1n) is 10.1. The lowest BCUT2D eigenvalue weighted by atomic mass is 9.84. The van der Waals surface area contributed by atoms with Gasteiger partial charge in [-0.25, -0.2) is 0 Å². The van der Waals surface area contributed by atoms with Gasteiger partial charge >= 0.3 is 0 Å². The van der Waals surface area contributed by atoms with Crippen molar-refractivity contribution in [3.05, 3.63) is 71.3 Å². The highest BCUT2D eigenvalue weighted by Crippen LogP contribution is 2.33. The molecule has 27 heavy (non-hydrogen) atoms. The second kappa shape index (κ2) is 8.56. The molecule has 0 radical (unpaired) electrons. The highest BCUT2D eigenvalue weighted by Gasteiger charge is 2.15. The molecule has 3 rings (SSSR count). The van der Waals surface area contributed by atoms with Crippen LogP contribution in [0.5, 0.6) is 0 Å². The minimum Gasteiger partial charge on any atom is -0.323 e. The van der Waals surface area contributed by atoms with Gasteiger partial charge in [0.2, 0.25) is 5.91 Å². The van der Waals surface area contributed by atoms with Gasteiger partial charge in [0.1, 0.15) is 0 Å². The van der Waals surface area contributed by atoms with Crippen molar-refractivity contribution in [1.82, 2.24) is 0 Å². The van der Waals surface area contributed by atoms with Gasteiger partial charge in [-0.3, -0.25) is 4.79 Å². The summed E-state index contributed by atoms with van der Waals surface area (Å²) in [6.07, 6.45) is 10.1. The molecule has 0 spiro atoms. The molecule has 0 atom stereocenters. The van der Waals surface area contributed by atoms with Crippen LogP contribution in [-0.2, 0) is 10.2 Å². The fraction of sp³-hybridized carbons (Fsp3) is 0.400. The van der Waals surface area contributed by atoms with E-state index >= 15 is 0 Å². The summed E-state index contributed by atoms with van der Waals surface area (Å²) in [7, 11) is 0. The van der Waals surface area contributed by atoms with Crippen LogP contribution >= 0.6 is 0 Å². The standard InChI is InChI=1S/C25H31NO/c1-25(2,3)22-14-9-19(10-15-22)11-18-24(27)26-23-16-12-21(13-17-23)20-7-5-4-6-8-20/h9-18,20H,4-8H2,1-3H3,(H,26,27). The van der Waals surface area contributed by atoms with E-state index in [1.54, 1.807) is 6.08 Å². The molecule has 1 N–H and O–H groups in total. The van der Waals surface area contributed by atoms with E-state index in [4.69, 9.17) is 0 Å². The van der Waals surface area contributed by atoms with Crippen LogP contribution in [0, 0.1) is 0 Å². The number of hydrogen-bond donors (Lipinski definition) is 1. The summed E-state index contributed by atoms with van der Waals surface area (Å²) in [6.45, 7) is 6.60. The van der Waals surface area contributed by atoms with Gasteiger partial charge in [-0.15, -0.1) is 0 Å². The van der Waals surface area contributed by atoms with Gasteiger partial charge in [0.15, 0.2) is 0 Å². The maximum absolute atomic E-state index is 12.2. The molecule has 1 aliphatic carbocycles. The van der Waals surface area contributed by atoms with Crippen LogP contribution in [0.25, 0.3) is 6.08 Å². The van der Waals surface area contributed by atoms with Crippen LogP contribution in [0.1, 0.15) is 75.5 Å². The summed E-state index contributed by atoms with van der Waals surface area (Å²) in [4.78, 5) is 12.2. The van der Waals surface area contributed by atoms with Gasteiger partial charge in [-0.05, 0) is 59.1 Å². The number of hydrogen-bond acceptors (Lipinski definition) is 1. The van der Waals surface area contributed by atoms with E-state index in [0.717, 1.165) is 11.3 Å². The molecule has 1 aliphatic rings. The number of benzene rings is 2. The summed E-state index contributed by atoms with van der Waals surface area (Å²) < 4.78 is 0. The topological polar surface area (TPSA) is 29.1 Å². The first kappa shape index (κ1) is 19.4. The highest BCUT2D eigenvalue weighted by molar-refractivity contribution is 6.01. The molecule has 2 nitrogen and oxygen atoms in total. The molecule has 0 saturated heterocycles. The van der Waals surface area contributed by atoms with Crippen LogP contribution in [0.3, 0.4) is 0 Å². The predicted octanol–water partition coefficient (Wildman–Crippen LogP) is 6.68. The Kier molecular flexibility index (Phi) is 6.15. The Morgan fingerprint density at radius 2 is 1.56 bits per heavy atom. The average Bonchev–Trinajstić information content (AvgIpc) is 2.67. The van der Waals surface area contributed by atoms with Gasteiger partial charge in [0.05, 0.1) is 0 Å². The average molecular weight is 362 g/mol. The highest BCUT2D eigenvalue weighted by atomic mass is 16.1. The SMILES string of the molecule is CC(C)(C)c1ccc(C=CC(=O)Nc2ccc(C3CCCCC3)cc2)cc1. The van der Waals surface area contributed by atoms with Crippen LogP contribution in [-0.4, -0.2) is 5.91 Å². The van der Waals surface area contributed by atoms with E-state index in [9.17, 15) is 4.79 Å². The number of rotatable bonds is 4. The Bertz CT molecular complexity index is 773. The molecule has 0 heterocycles. The van der Waals surface area contributed by atoms with Crippen molar-refractivity contribution < 1.29 is 4.79 Å². The minimum absolute atomic E-state index is 0.0969. The first-order chi connectivity index (χ1) is 12.9. The van der Waals surface area contributed by atoms with Gasteiger partial charge in [-0.1, -0.05) is 76.4 Å². The Balaban J connectivity index is 1.56. The van der Waals surface area contributed by atoms with Crippen LogP contribution in [0.2, 0.25) is 0 Å². The van der Waals surface area contributed by atoms with Crippen molar-refractivity contribution in [2.75, 3.05) is 5.32 Å². The first-order valence-corrected chi connectivity index (χ1v) is 10.1. The Morgan fingerprint density at radius 1 is 0.926 bits per heavy atom. The van der Waals surface area contributed by atoms with Crippen LogP contribution in [0.4, 0.5) is 5.69 Å². The number of amides is 1. The van der Waals surface area contributed by atoms with E-state index < -0.39 is 0 Å². The van der Waals surface area contributed by atoms with Gasteiger partial charge < -0.3 is 5.32 Å². The van der Waals surface area contributed by atoms with Crippen molar-refractivity contribution in [2.24, 2.45) is 0 Å². The summed E-state index contributed by atoms with van der Waals surface area (Å²) in [5, 5.41) is 2.95. The molecule has 2 aromatic carbocycles. The van der Waals surface area contributed by atoms with Gasteiger partial charge in [-0.2, -0.15) is 0 Å². The third kappa shape index (κ3) is 5.56. The van der Waals surface area contributed by atoms with E-state index in [-0.39, 0.29) is 11.3 Å². The Labute approximate surface area is 163 Å². The quantitative estimate of drug-likeness (QED) is 0.604. The zero-order valence-corrected chi connectivity index (χ0v) is 16.8. The molecule has 1 saturated carbocycles. The normalized spacial score (nSPS) is 15.8. The fourth-order valence-electron chi connectivity index (χ4n) is 3.72. The fourth-order valence-corrected chi connectivity index (χ4v) is 3.72. The summed E-state index contributed by atoms with van der Waals surface area (Å²) in [5.74, 6) is 0.597. The van der Waals surface area contributed by atoms with E-state index in [0.29, 0.717) is 5.92 Å². The van der Waals surface area contributed by atoms with E-state index in [1.165, 1.54) is 43.2 Å². The lowest BCUT2D eigenvalue weighted by molar-refractivity contribution is -0.111. The molecule has 0 aliphatic heterocycles. The van der Waals surface area contributed by atoms with Crippen molar-refractivity contribution in [1.29, 1.82) is 0 Å². The third-order valence-corrected chi connectivity index (χ3v) is 5.46.